The van der Waals surface area contributed by atoms with E-state index in [0.717, 1.165) is 21.5 Å². The van der Waals surface area contributed by atoms with E-state index in [0.29, 0.717) is 27.7 Å². The van der Waals surface area contributed by atoms with Crippen LogP contribution in [0.2, 0.25) is 0 Å². The van der Waals surface area contributed by atoms with Gasteiger partial charge in [0, 0.05) is 47.0 Å². The summed E-state index contributed by atoms with van der Waals surface area (Å²) in [6, 6.07) is 22.3. The van der Waals surface area contributed by atoms with Crippen molar-refractivity contribution in [2.24, 2.45) is 0 Å². The van der Waals surface area contributed by atoms with E-state index in [9.17, 15) is 29.1 Å². The number of esters is 1. The Labute approximate surface area is 372 Å². The van der Waals surface area contributed by atoms with Crippen LogP contribution in [0.4, 0.5) is 27.5 Å². The van der Waals surface area contributed by atoms with Crippen molar-refractivity contribution in [3.63, 3.8) is 0 Å². The number of hydrogen-bond donors (Lipinski definition) is 3. The molecular weight excluding hydrogens is 861 g/mol. The zero-order valence-corrected chi connectivity index (χ0v) is 36.4. The Morgan fingerprint density at radius 2 is 1.16 bits per heavy atom. The molecule has 0 radical (unpaired) electrons. The van der Waals surface area contributed by atoms with Gasteiger partial charge in [0.15, 0.2) is 0 Å². The highest BCUT2D eigenvalue weighted by Gasteiger charge is 2.28. The summed E-state index contributed by atoms with van der Waals surface area (Å²) in [7, 11) is 0. The van der Waals surface area contributed by atoms with Crippen LogP contribution in [-0.2, 0) is 27.3 Å². The van der Waals surface area contributed by atoms with Gasteiger partial charge in [0.25, 0.3) is 11.1 Å². The highest BCUT2D eigenvalue weighted by atomic mass is 32.1. The van der Waals surface area contributed by atoms with Crippen molar-refractivity contribution in [3.05, 3.63) is 140 Å². The molecule has 2 aromatic carbocycles. The number of rotatable bonds is 13. The summed E-state index contributed by atoms with van der Waals surface area (Å²) in [5.74, 6) is -2.11. The Bertz CT molecular complexity index is 3090. The number of carbonyl (C=O) groups excluding carboxylic acids is 2. The Morgan fingerprint density at radius 3 is 1.61 bits per heavy atom. The SMILES string of the molecule is CCn1nc(-c2cccs2)c(C(=O)O)c(Nc2cncc3ccccc23)c1=O.CCn1nc(-c2cccs2)c(C(=O)OCOC(=O)OC(C)C)c(Nc2cncc3ccccc23)c1=O. The fraction of sp³-hybridized carbons (Fsp3) is 0.178. The average Bonchev–Trinajstić information content (AvgIpc) is 4.04. The summed E-state index contributed by atoms with van der Waals surface area (Å²) in [4.78, 5) is 73.2. The lowest BCUT2D eigenvalue weighted by Crippen LogP contribution is -2.29. The summed E-state index contributed by atoms with van der Waals surface area (Å²) in [5, 5.41) is 31.8. The fourth-order valence-electron chi connectivity index (χ4n) is 6.51. The van der Waals surface area contributed by atoms with Crippen LogP contribution in [0.15, 0.2) is 118 Å². The number of nitrogens with one attached hydrogen (secondary N) is 2. The van der Waals surface area contributed by atoms with E-state index in [1.165, 1.54) is 32.0 Å². The van der Waals surface area contributed by atoms with Crippen molar-refractivity contribution >= 4 is 85.1 Å². The number of pyridine rings is 2. The molecule has 64 heavy (non-hydrogen) atoms. The lowest BCUT2D eigenvalue weighted by molar-refractivity contribution is -0.0344. The number of hydrogen-bond acceptors (Lipinski definition) is 16. The van der Waals surface area contributed by atoms with Crippen LogP contribution in [0, 0.1) is 0 Å². The van der Waals surface area contributed by atoms with Crippen LogP contribution in [0.25, 0.3) is 42.7 Å². The number of ether oxygens (including phenoxy) is 3. The molecule has 0 amide bonds. The highest BCUT2D eigenvalue weighted by Crippen LogP contribution is 2.34. The van der Waals surface area contributed by atoms with E-state index in [1.54, 1.807) is 64.6 Å². The molecule has 19 heteroatoms. The van der Waals surface area contributed by atoms with Gasteiger partial charge in [0.1, 0.15) is 33.9 Å². The molecule has 8 aromatic rings. The number of anilines is 4. The van der Waals surface area contributed by atoms with Gasteiger partial charge < -0.3 is 30.0 Å². The van der Waals surface area contributed by atoms with E-state index >= 15 is 0 Å². The van der Waals surface area contributed by atoms with Crippen molar-refractivity contribution in [1.29, 1.82) is 0 Å². The maximum absolute atomic E-state index is 13.4. The predicted octanol–water partition coefficient (Wildman–Crippen LogP) is 8.94. The largest absolute Gasteiger partial charge is 0.511 e. The van der Waals surface area contributed by atoms with Gasteiger partial charge in [0.05, 0.1) is 39.6 Å². The topological polar surface area (TPSA) is 219 Å². The Morgan fingerprint density at radius 1 is 0.672 bits per heavy atom. The van der Waals surface area contributed by atoms with Gasteiger partial charge in [0.2, 0.25) is 6.79 Å². The normalized spacial score (nSPS) is 10.9. The van der Waals surface area contributed by atoms with Crippen LogP contribution in [0.5, 0.6) is 0 Å². The van der Waals surface area contributed by atoms with Crippen LogP contribution in [-0.4, -0.2) is 65.6 Å². The van der Waals surface area contributed by atoms with E-state index in [2.05, 4.69) is 30.8 Å². The molecular formula is C45H40N8O9S2. The number of carboxylic acid groups (broad SMARTS) is 1. The van der Waals surface area contributed by atoms with Crippen LogP contribution in [0.1, 0.15) is 48.4 Å². The van der Waals surface area contributed by atoms with Crippen molar-refractivity contribution in [3.8, 4) is 21.1 Å². The third kappa shape index (κ3) is 9.64. The van der Waals surface area contributed by atoms with Crippen molar-refractivity contribution in [1.82, 2.24) is 29.5 Å². The number of nitrogens with zero attached hydrogens (tertiary/aromatic N) is 6. The molecule has 0 saturated carbocycles. The fourth-order valence-corrected chi connectivity index (χ4v) is 7.94. The maximum Gasteiger partial charge on any atom is 0.511 e. The van der Waals surface area contributed by atoms with Gasteiger partial charge >= 0.3 is 18.1 Å². The molecule has 326 valence electrons. The first-order valence-electron chi connectivity index (χ1n) is 19.8. The number of thiophene rings is 2. The van der Waals surface area contributed by atoms with Crippen LogP contribution in [0.3, 0.4) is 0 Å². The van der Waals surface area contributed by atoms with Gasteiger partial charge in [-0.15, -0.1) is 22.7 Å². The van der Waals surface area contributed by atoms with Crippen LogP contribution >= 0.6 is 22.7 Å². The molecule has 6 aromatic heterocycles. The van der Waals surface area contributed by atoms with Gasteiger partial charge in [-0.2, -0.15) is 10.2 Å². The number of aromatic nitrogens is 6. The summed E-state index contributed by atoms with van der Waals surface area (Å²) in [6.45, 7) is 6.79. The second kappa shape index (κ2) is 20.0. The average molecular weight is 901 g/mol. The number of fused-ring (bicyclic) bond motifs is 2. The molecule has 0 aliphatic rings. The number of carbonyl (C=O) groups is 3. The van der Waals surface area contributed by atoms with E-state index in [1.807, 2.05) is 71.4 Å². The Kier molecular flexibility index (Phi) is 13.8. The molecule has 3 N–H and O–H groups in total. The lowest BCUT2D eigenvalue weighted by atomic mass is 10.1. The maximum atomic E-state index is 13.4. The molecule has 0 unspecified atom stereocenters. The predicted molar refractivity (Wildman–Crippen MR) is 245 cm³/mol. The zero-order chi connectivity index (χ0) is 45.3. The number of aryl methyl sites for hydroxylation is 2. The number of carboxylic acids is 1. The number of aromatic carboxylic acids is 1. The molecule has 6 heterocycles. The highest BCUT2D eigenvalue weighted by molar-refractivity contribution is 7.13. The third-order valence-corrected chi connectivity index (χ3v) is 11.1. The Hall–Kier alpha value is -7.77. The standard InChI is InChI=1S/C25H24N4O6S.C20H16N4O3S/c1-4-29-23(30)22(27-18-13-26-12-16-8-5-6-9-17(16)18)20(21(28-29)19-10-7-11-36-19)24(31)33-14-34-25(32)35-15(2)3;1-2-24-19(25)18(16(20(26)27)17(23-24)15-8-5-9-28-15)22-14-11-21-10-12-6-3-4-7-13(12)14/h5-13,15,27H,4,14H2,1-3H3;3-11,22H,2H2,1H3,(H,26,27). The summed E-state index contributed by atoms with van der Waals surface area (Å²) < 4.78 is 17.5. The van der Waals surface area contributed by atoms with Crippen molar-refractivity contribution in [2.45, 2.75) is 46.9 Å². The Balaban J connectivity index is 0.000000197. The van der Waals surface area contributed by atoms with E-state index in [4.69, 9.17) is 14.2 Å². The third-order valence-electron chi connectivity index (χ3n) is 9.39. The quantitative estimate of drug-likeness (QED) is 0.0726. The first kappa shape index (κ1) is 44.3. The van der Waals surface area contributed by atoms with Gasteiger partial charge in [-0.25, -0.2) is 23.7 Å². The van der Waals surface area contributed by atoms with E-state index in [-0.39, 0.29) is 40.4 Å². The molecule has 0 spiro atoms. The van der Waals surface area contributed by atoms with Crippen molar-refractivity contribution < 1.29 is 33.7 Å². The van der Waals surface area contributed by atoms with Crippen LogP contribution < -0.4 is 21.8 Å². The minimum atomic E-state index is -1.22. The van der Waals surface area contributed by atoms with Gasteiger partial charge in [-0.3, -0.25) is 19.6 Å². The van der Waals surface area contributed by atoms with E-state index < -0.39 is 42.1 Å². The van der Waals surface area contributed by atoms with Crippen molar-refractivity contribution in [2.75, 3.05) is 17.4 Å². The molecule has 0 aliphatic heterocycles. The smallest absolute Gasteiger partial charge is 0.478 e. The van der Waals surface area contributed by atoms with Gasteiger partial charge in [-0.05, 0) is 50.6 Å². The molecule has 0 bridgehead atoms. The monoisotopic (exact) mass is 900 g/mol. The molecule has 0 atom stereocenters. The summed E-state index contributed by atoms with van der Waals surface area (Å²) in [5.41, 5.74) is 0.327. The second-order valence-corrected chi connectivity index (χ2v) is 15.8. The first-order chi connectivity index (χ1) is 31.0. The summed E-state index contributed by atoms with van der Waals surface area (Å²) in [6.07, 6.45) is 5.20. The lowest BCUT2D eigenvalue weighted by Gasteiger charge is -2.17. The summed E-state index contributed by atoms with van der Waals surface area (Å²) >= 11 is 2.72. The number of benzene rings is 2. The molecule has 17 nitrogen and oxygen atoms in total. The molecule has 0 aliphatic carbocycles. The molecule has 0 fully saturated rings. The molecule has 8 rings (SSSR count). The minimum absolute atomic E-state index is 0.0223. The zero-order valence-electron chi connectivity index (χ0n) is 34.8. The van der Waals surface area contributed by atoms with Gasteiger partial charge in [-0.1, -0.05) is 60.7 Å². The molecule has 0 saturated heterocycles. The minimum Gasteiger partial charge on any atom is -0.478 e. The first-order valence-corrected chi connectivity index (χ1v) is 21.6. The second-order valence-electron chi connectivity index (χ2n) is 13.9.